The van der Waals surface area contributed by atoms with Crippen LogP contribution in [0.3, 0.4) is 0 Å². The minimum absolute atomic E-state index is 0.219. The highest BCUT2D eigenvalue weighted by atomic mass is 35.5. The quantitative estimate of drug-likeness (QED) is 0.884. The third-order valence-corrected chi connectivity index (χ3v) is 3.84. The van der Waals surface area contributed by atoms with E-state index >= 15 is 0 Å². The van der Waals surface area contributed by atoms with Crippen LogP contribution in [-0.2, 0) is 16.1 Å². The Balaban J connectivity index is 2.31. The fourth-order valence-electron chi connectivity index (χ4n) is 1.43. The number of hydrogen-bond donors (Lipinski definition) is 2. The van der Waals surface area contributed by atoms with Crippen LogP contribution in [0.4, 0.5) is 17.1 Å². The summed E-state index contributed by atoms with van der Waals surface area (Å²) in [6.45, 7) is 3.47. The van der Waals surface area contributed by atoms with Crippen molar-refractivity contribution < 1.29 is 9.90 Å². The number of halogens is 2. The number of nitrogens with zero attached hydrogens (tertiary/aromatic N) is 2. The maximum atomic E-state index is 11.1. The standard InChI is InChI=1S/C11H11Cl2N3O2S/c1-11(2,10(17)18)4-14-7-5(12)3-6(13)8-9(7)16-19-15-8/h3,14H,4H2,1-2H3,(H,17,18). The van der Waals surface area contributed by atoms with E-state index in [9.17, 15) is 4.79 Å². The van der Waals surface area contributed by atoms with Crippen molar-refractivity contribution in [3.05, 3.63) is 16.1 Å². The van der Waals surface area contributed by atoms with E-state index in [1.165, 1.54) is 0 Å². The van der Waals surface area contributed by atoms with Gasteiger partial charge in [-0.1, -0.05) is 23.2 Å². The van der Waals surface area contributed by atoms with Crippen LogP contribution in [0.5, 0.6) is 0 Å². The van der Waals surface area contributed by atoms with Gasteiger partial charge in [-0.15, -0.1) is 0 Å². The molecule has 0 bridgehead atoms. The van der Waals surface area contributed by atoms with E-state index in [1.54, 1.807) is 19.9 Å². The fourth-order valence-corrected chi connectivity index (χ4v) is 2.61. The summed E-state index contributed by atoms with van der Waals surface area (Å²) in [5.41, 5.74) is 0.762. The molecule has 0 spiro atoms. The van der Waals surface area contributed by atoms with Gasteiger partial charge in [0.15, 0.2) is 0 Å². The van der Waals surface area contributed by atoms with E-state index in [0.29, 0.717) is 27.1 Å². The molecule has 0 amide bonds. The van der Waals surface area contributed by atoms with E-state index < -0.39 is 11.4 Å². The number of carboxylic acids is 1. The number of anilines is 1. The summed E-state index contributed by atoms with van der Waals surface area (Å²) in [4.78, 5) is 11.1. The number of carboxylic acid groups (broad SMARTS) is 1. The van der Waals surface area contributed by atoms with Gasteiger partial charge in [0.25, 0.3) is 0 Å². The number of benzene rings is 1. The topological polar surface area (TPSA) is 74.0 Å². The van der Waals surface area contributed by atoms with Crippen LogP contribution in [0.15, 0.2) is 14.8 Å². The first-order valence-electron chi connectivity index (χ1n) is 5.40. The van der Waals surface area contributed by atoms with Gasteiger partial charge in [-0.25, -0.2) is 0 Å². The Bertz CT molecular complexity index is 625. The molecule has 0 atom stereocenters. The van der Waals surface area contributed by atoms with Crippen LogP contribution >= 0.6 is 23.2 Å². The number of rotatable bonds is 4. The van der Waals surface area contributed by atoms with Crippen molar-refractivity contribution in [2.45, 2.75) is 13.8 Å². The minimum Gasteiger partial charge on any atom is -0.481 e. The highest BCUT2D eigenvalue weighted by Crippen LogP contribution is 2.47. The van der Waals surface area contributed by atoms with Crippen molar-refractivity contribution >= 4 is 57.6 Å². The number of nitrogens with one attached hydrogen (secondary N) is 1. The molecular formula is C11H11Cl2N3O2S. The van der Waals surface area contributed by atoms with Crippen molar-refractivity contribution in [2.24, 2.45) is 14.1 Å². The predicted molar refractivity (Wildman–Crippen MR) is 77.9 cm³/mol. The molecule has 102 valence electrons. The Morgan fingerprint density at radius 2 is 2.00 bits per heavy atom. The zero-order valence-electron chi connectivity index (χ0n) is 10.2. The third-order valence-electron chi connectivity index (χ3n) is 2.73. The molecule has 2 rings (SSSR count). The lowest BCUT2D eigenvalue weighted by molar-refractivity contribution is -0.146. The summed E-state index contributed by atoms with van der Waals surface area (Å²) in [5.74, 6) is -0.891. The summed E-state index contributed by atoms with van der Waals surface area (Å²) in [6, 6.07) is 1.57. The maximum absolute atomic E-state index is 11.1. The lowest BCUT2D eigenvalue weighted by Crippen LogP contribution is -2.31. The highest BCUT2D eigenvalue weighted by Gasteiger charge is 2.28. The number of carbonyl (C=O) groups is 1. The Morgan fingerprint density at radius 3 is 2.63 bits per heavy atom. The SMILES string of the molecule is CC(C)(CNc1c(Cl)cc(Cl)c2c1N=S=N2)C(=O)O. The van der Waals surface area contributed by atoms with Crippen LogP contribution in [0.25, 0.3) is 0 Å². The van der Waals surface area contributed by atoms with Crippen molar-refractivity contribution in [3.63, 3.8) is 0 Å². The number of fused-ring (bicyclic) bond motifs is 1. The van der Waals surface area contributed by atoms with Gasteiger partial charge in [-0.2, -0.15) is 8.73 Å². The third kappa shape index (κ3) is 2.75. The molecule has 1 aromatic rings. The molecular weight excluding hydrogens is 309 g/mol. The molecule has 0 unspecified atom stereocenters. The Hall–Kier alpha value is -1.11. The first kappa shape index (κ1) is 14.3. The molecule has 1 heterocycles. The number of hydrogen-bond acceptors (Lipinski definition) is 4. The Morgan fingerprint density at radius 1 is 1.37 bits per heavy atom. The van der Waals surface area contributed by atoms with Crippen LogP contribution in [-0.4, -0.2) is 17.6 Å². The minimum atomic E-state index is -0.918. The van der Waals surface area contributed by atoms with Crippen LogP contribution in [0.1, 0.15) is 13.8 Å². The zero-order chi connectivity index (χ0) is 14.2. The van der Waals surface area contributed by atoms with Crippen molar-refractivity contribution in [1.29, 1.82) is 0 Å². The molecule has 19 heavy (non-hydrogen) atoms. The average molecular weight is 320 g/mol. The molecule has 0 aliphatic carbocycles. The van der Waals surface area contributed by atoms with Crippen molar-refractivity contribution in [2.75, 3.05) is 11.9 Å². The van der Waals surface area contributed by atoms with Gasteiger partial charge < -0.3 is 10.4 Å². The van der Waals surface area contributed by atoms with E-state index in [1.807, 2.05) is 0 Å². The van der Waals surface area contributed by atoms with E-state index in [0.717, 1.165) is 11.4 Å². The molecule has 8 heteroatoms. The summed E-state index contributed by atoms with van der Waals surface area (Å²) in [6.07, 6.45) is 0. The second-order valence-corrected chi connectivity index (χ2v) is 6.06. The van der Waals surface area contributed by atoms with Crippen molar-refractivity contribution in [1.82, 2.24) is 0 Å². The molecule has 0 radical (unpaired) electrons. The van der Waals surface area contributed by atoms with Gasteiger partial charge in [0.2, 0.25) is 0 Å². The van der Waals surface area contributed by atoms with Gasteiger partial charge in [-0.05, 0) is 19.9 Å². The molecule has 0 saturated carbocycles. The molecule has 0 fully saturated rings. The summed E-state index contributed by atoms with van der Waals surface area (Å²) in [7, 11) is 0. The second kappa shape index (κ2) is 5.11. The molecule has 1 aliphatic rings. The first-order chi connectivity index (χ1) is 8.83. The second-order valence-electron chi connectivity index (χ2n) is 4.72. The van der Waals surface area contributed by atoms with E-state index in [2.05, 4.69) is 14.0 Å². The van der Waals surface area contributed by atoms with Crippen LogP contribution < -0.4 is 5.32 Å². The van der Waals surface area contributed by atoms with Gasteiger partial charge in [0, 0.05) is 6.54 Å². The van der Waals surface area contributed by atoms with Crippen molar-refractivity contribution in [3.8, 4) is 0 Å². The molecule has 0 saturated heterocycles. The monoisotopic (exact) mass is 319 g/mol. The Labute approximate surface area is 123 Å². The first-order valence-corrected chi connectivity index (χ1v) is 6.89. The number of aliphatic carboxylic acids is 1. The maximum Gasteiger partial charge on any atom is 0.310 e. The average Bonchev–Trinajstić information content (AvgIpc) is 2.77. The largest absolute Gasteiger partial charge is 0.481 e. The normalized spacial score (nSPS) is 13.1. The summed E-state index contributed by atoms with van der Waals surface area (Å²) in [5, 5.41) is 12.9. The van der Waals surface area contributed by atoms with Gasteiger partial charge in [-0.3, -0.25) is 4.79 Å². The van der Waals surface area contributed by atoms with Gasteiger partial charge >= 0.3 is 5.97 Å². The molecule has 2 N–H and O–H groups in total. The van der Waals surface area contributed by atoms with Gasteiger partial charge in [0.1, 0.15) is 11.4 Å². The smallest absolute Gasteiger partial charge is 0.310 e. The lowest BCUT2D eigenvalue weighted by atomic mass is 9.94. The molecule has 5 nitrogen and oxygen atoms in total. The summed E-state index contributed by atoms with van der Waals surface area (Å²) < 4.78 is 8.22. The molecule has 1 aromatic carbocycles. The lowest BCUT2D eigenvalue weighted by Gasteiger charge is -2.21. The zero-order valence-corrected chi connectivity index (χ0v) is 12.5. The van der Waals surface area contributed by atoms with Crippen LogP contribution in [0.2, 0.25) is 10.0 Å². The molecule has 1 aliphatic heterocycles. The van der Waals surface area contributed by atoms with E-state index in [-0.39, 0.29) is 6.54 Å². The Kier molecular flexibility index (Phi) is 3.85. The highest BCUT2D eigenvalue weighted by molar-refractivity contribution is 7.58. The molecule has 0 aromatic heterocycles. The van der Waals surface area contributed by atoms with Crippen LogP contribution in [0, 0.1) is 5.41 Å². The van der Waals surface area contributed by atoms with E-state index in [4.69, 9.17) is 28.3 Å². The van der Waals surface area contributed by atoms with Gasteiger partial charge in [0.05, 0.1) is 32.5 Å². The fraction of sp³-hybridized carbons (Fsp3) is 0.364. The predicted octanol–water partition coefficient (Wildman–Crippen LogP) is 4.24. The summed E-state index contributed by atoms with van der Waals surface area (Å²) >= 11 is 13.2.